The normalized spacial score (nSPS) is 27.2. The van der Waals surface area contributed by atoms with Crippen LogP contribution in [-0.2, 0) is 0 Å². The van der Waals surface area contributed by atoms with Gasteiger partial charge in [0.1, 0.15) is 0 Å². The number of hydrogen-bond acceptors (Lipinski definition) is 1. The van der Waals surface area contributed by atoms with E-state index in [2.05, 4.69) is 23.5 Å². The number of nitrogens with one attached hydrogen (secondary N) is 1. The summed E-state index contributed by atoms with van der Waals surface area (Å²) < 4.78 is 0. The molecule has 13 heavy (non-hydrogen) atoms. The molecule has 0 aromatic heterocycles. The van der Waals surface area contributed by atoms with Gasteiger partial charge in [-0.3, -0.25) is 5.32 Å². The molecule has 2 atom stereocenters. The maximum atomic E-state index is 6.09. The Morgan fingerprint density at radius 3 is 2.69 bits per heavy atom. The second-order valence-electron chi connectivity index (χ2n) is 3.25. The Balaban J connectivity index is 0.000000653. The second kappa shape index (κ2) is 3.02. The van der Waals surface area contributed by atoms with E-state index in [0.29, 0.717) is 12.1 Å². The Morgan fingerprint density at radius 2 is 1.92 bits per heavy atom. The highest BCUT2D eigenvalue weighted by Crippen LogP contribution is 2.42. The minimum absolute atomic E-state index is 0. The summed E-state index contributed by atoms with van der Waals surface area (Å²) in [5.74, 6) is 0. The summed E-state index contributed by atoms with van der Waals surface area (Å²) in [6.07, 6.45) is 4.38. The van der Waals surface area contributed by atoms with Gasteiger partial charge in [-0.05, 0) is 17.2 Å². The fourth-order valence-electron chi connectivity index (χ4n) is 2.05. The van der Waals surface area contributed by atoms with Gasteiger partial charge in [-0.25, -0.2) is 0 Å². The molecule has 0 saturated carbocycles. The molecule has 1 aromatic carbocycles. The molecule has 0 radical (unpaired) electrons. The first-order chi connectivity index (χ1) is 5.86. The lowest BCUT2D eigenvalue weighted by molar-refractivity contribution is 0.673. The van der Waals surface area contributed by atoms with Crippen LogP contribution in [0.5, 0.6) is 0 Å². The third-order valence-electron chi connectivity index (χ3n) is 2.59. The van der Waals surface area contributed by atoms with Crippen LogP contribution in [0.15, 0.2) is 30.4 Å². The molecule has 3 rings (SSSR count). The quantitative estimate of drug-likeness (QED) is 0.654. The van der Waals surface area contributed by atoms with E-state index in [1.54, 1.807) is 0 Å². The molecule has 2 aliphatic rings. The first kappa shape index (κ1) is 9.07. The van der Waals surface area contributed by atoms with Crippen molar-refractivity contribution in [2.75, 3.05) is 0 Å². The van der Waals surface area contributed by atoms with Crippen LogP contribution < -0.4 is 5.32 Å². The van der Waals surface area contributed by atoms with Crippen LogP contribution in [0, 0.1) is 0 Å². The fourth-order valence-corrected chi connectivity index (χ4v) is 2.35. The molecule has 3 heteroatoms. The standard InChI is InChI=1S/C10H8ClN.ClH/c11-7-3-1-2-6-8-4-5-9(12-8)10(6)7;/h1-5,8-9,12H;1H. The molecular formula is C10H9Cl2N. The predicted molar refractivity (Wildman–Crippen MR) is 56.5 cm³/mol. The first-order valence-electron chi connectivity index (χ1n) is 4.09. The summed E-state index contributed by atoms with van der Waals surface area (Å²) >= 11 is 6.09. The van der Waals surface area contributed by atoms with E-state index in [4.69, 9.17) is 11.6 Å². The zero-order chi connectivity index (χ0) is 8.13. The van der Waals surface area contributed by atoms with Gasteiger partial charge in [0.2, 0.25) is 0 Å². The van der Waals surface area contributed by atoms with Crippen LogP contribution in [0.2, 0.25) is 5.02 Å². The predicted octanol–water partition coefficient (Wildman–Crippen LogP) is 3.02. The molecule has 1 nitrogen and oxygen atoms in total. The zero-order valence-electron chi connectivity index (χ0n) is 6.83. The molecule has 2 heterocycles. The second-order valence-corrected chi connectivity index (χ2v) is 3.66. The lowest BCUT2D eigenvalue weighted by atomic mass is 9.97. The first-order valence-corrected chi connectivity index (χ1v) is 4.47. The Bertz CT molecular complexity index is 373. The monoisotopic (exact) mass is 213 g/mol. The van der Waals surface area contributed by atoms with E-state index in [1.165, 1.54) is 11.1 Å². The van der Waals surface area contributed by atoms with E-state index in [1.807, 2.05) is 12.1 Å². The average molecular weight is 214 g/mol. The highest BCUT2D eigenvalue weighted by molar-refractivity contribution is 6.31. The number of rotatable bonds is 0. The smallest absolute Gasteiger partial charge is 0.0532 e. The van der Waals surface area contributed by atoms with Gasteiger partial charge in [-0.15, -0.1) is 12.4 Å². The van der Waals surface area contributed by atoms with Crippen molar-refractivity contribution in [1.82, 2.24) is 5.32 Å². The lowest BCUT2D eigenvalue weighted by Gasteiger charge is -2.09. The van der Waals surface area contributed by atoms with Gasteiger partial charge in [-0.2, -0.15) is 0 Å². The third-order valence-corrected chi connectivity index (χ3v) is 2.92. The summed E-state index contributed by atoms with van der Waals surface area (Å²) in [6.45, 7) is 0. The van der Waals surface area contributed by atoms with Crippen molar-refractivity contribution < 1.29 is 0 Å². The molecule has 1 N–H and O–H groups in total. The third kappa shape index (κ3) is 1.12. The number of hydrogen-bond donors (Lipinski definition) is 1. The summed E-state index contributed by atoms with van der Waals surface area (Å²) in [6, 6.07) is 6.87. The number of halogens is 2. The fraction of sp³-hybridized carbons (Fsp3) is 0.200. The maximum absolute atomic E-state index is 6.09. The van der Waals surface area contributed by atoms with Gasteiger partial charge in [0.05, 0.1) is 12.1 Å². The molecule has 2 unspecified atom stereocenters. The van der Waals surface area contributed by atoms with Crippen LogP contribution in [0.3, 0.4) is 0 Å². The van der Waals surface area contributed by atoms with Crippen LogP contribution in [0.1, 0.15) is 23.2 Å². The van der Waals surface area contributed by atoms with Crippen molar-refractivity contribution in [1.29, 1.82) is 0 Å². The molecular weight excluding hydrogens is 205 g/mol. The Labute approximate surface area is 88.2 Å². The molecule has 0 spiro atoms. The highest BCUT2D eigenvalue weighted by Gasteiger charge is 2.32. The largest absolute Gasteiger partial charge is 0.296 e. The summed E-state index contributed by atoms with van der Waals surface area (Å²) in [5.41, 5.74) is 2.61. The van der Waals surface area contributed by atoms with Gasteiger partial charge in [0.15, 0.2) is 0 Å². The van der Waals surface area contributed by atoms with E-state index in [0.717, 1.165) is 5.02 Å². The molecule has 0 saturated heterocycles. The van der Waals surface area contributed by atoms with E-state index in [-0.39, 0.29) is 12.4 Å². The van der Waals surface area contributed by atoms with Gasteiger partial charge in [-0.1, -0.05) is 35.9 Å². The summed E-state index contributed by atoms with van der Waals surface area (Å²) in [7, 11) is 0. The van der Waals surface area contributed by atoms with Crippen LogP contribution in [-0.4, -0.2) is 0 Å². The molecule has 1 aromatic rings. The Hall–Kier alpha value is -0.500. The van der Waals surface area contributed by atoms with E-state index >= 15 is 0 Å². The summed E-state index contributed by atoms with van der Waals surface area (Å²) in [5, 5.41) is 4.32. The molecule has 0 amide bonds. The van der Waals surface area contributed by atoms with Crippen LogP contribution in [0.25, 0.3) is 0 Å². The van der Waals surface area contributed by atoms with Crippen molar-refractivity contribution in [2.45, 2.75) is 12.1 Å². The van der Waals surface area contributed by atoms with Crippen molar-refractivity contribution in [3.8, 4) is 0 Å². The van der Waals surface area contributed by atoms with Gasteiger partial charge >= 0.3 is 0 Å². The number of fused-ring (bicyclic) bond motifs is 5. The Kier molecular flexibility index (Phi) is 2.11. The van der Waals surface area contributed by atoms with Crippen LogP contribution >= 0.6 is 24.0 Å². The molecule has 0 fully saturated rings. The molecule has 0 aliphatic carbocycles. The SMILES string of the molecule is Cl.Clc1cccc2c1C1C=CC2N1. The van der Waals surface area contributed by atoms with Crippen molar-refractivity contribution in [3.05, 3.63) is 46.5 Å². The topological polar surface area (TPSA) is 12.0 Å². The average Bonchev–Trinajstić information content (AvgIpc) is 2.64. The summed E-state index contributed by atoms with van der Waals surface area (Å²) in [4.78, 5) is 0. The molecule has 68 valence electrons. The van der Waals surface area contributed by atoms with E-state index in [9.17, 15) is 0 Å². The molecule has 2 aliphatic heterocycles. The Morgan fingerprint density at radius 1 is 1.15 bits per heavy atom. The van der Waals surface area contributed by atoms with Crippen LogP contribution in [0.4, 0.5) is 0 Å². The zero-order valence-corrected chi connectivity index (χ0v) is 8.40. The van der Waals surface area contributed by atoms with Gasteiger partial charge < -0.3 is 0 Å². The van der Waals surface area contributed by atoms with Gasteiger partial charge in [0.25, 0.3) is 0 Å². The molecule has 2 bridgehead atoms. The minimum atomic E-state index is 0. The highest BCUT2D eigenvalue weighted by atomic mass is 35.5. The van der Waals surface area contributed by atoms with Crippen molar-refractivity contribution >= 4 is 24.0 Å². The lowest BCUT2D eigenvalue weighted by Crippen LogP contribution is -2.07. The van der Waals surface area contributed by atoms with Crippen molar-refractivity contribution in [2.24, 2.45) is 0 Å². The van der Waals surface area contributed by atoms with Gasteiger partial charge in [0, 0.05) is 5.02 Å². The van der Waals surface area contributed by atoms with Crippen molar-refractivity contribution in [3.63, 3.8) is 0 Å². The number of benzene rings is 1. The maximum Gasteiger partial charge on any atom is 0.0532 e. The van der Waals surface area contributed by atoms with E-state index < -0.39 is 0 Å². The minimum Gasteiger partial charge on any atom is -0.296 e.